The molecule has 1 aromatic rings. The van der Waals surface area contributed by atoms with Crippen LogP contribution in [0.5, 0.6) is 0 Å². The van der Waals surface area contributed by atoms with Gasteiger partial charge in [0.05, 0.1) is 5.56 Å². The van der Waals surface area contributed by atoms with Crippen molar-refractivity contribution in [1.29, 1.82) is 0 Å². The molecule has 4 heteroatoms. The van der Waals surface area contributed by atoms with Crippen LogP contribution in [-0.4, -0.2) is 6.54 Å². The Morgan fingerprint density at radius 2 is 1.78 bits per heavy atom. The molecule has 0 spiro atoms. The Hall–Kier alpha value is -1.03. The average Bonchev–Trinajstić information content (AvgIpc) is 2.34. The second-order valence-corrected chi connectivity index (χ2v) is 4.73. The fourth-order valence-corrected chi connectivity index (χ4v) is 1.77. The van der Waals surface area contributed by atoms with E-state index in [4.69, 9.17) is 0 Å². The Balaban J connectivity index is 2.82. The zero-order valence-corrected chi connectivity index (χ0v) is 11.0. The summed E-state index contributed by atoms with van der Waals surface area (Å²) >= 11 is 0. The normalized spacial score (nSPS) is 15.4. The second kappa shape index (κ2) is 6.23. The molecule has 2 unspecified atom stereocenters. The van der Waals surface area contributed by atoms with Gasteiger partial charge < -0.3 is 5.32 Å². The maximum atomic E-state index is 12.8. The van der Waals surface area contributed by atoms with Crippen molar-refractivity contribution in [2.24, 2.45) is 5.92 Å². The van der Waals surface area contributed by atoms with Gasteiger partial charge >= 0.3 is 6.18 Å². The van der Waals surface area contributed by atoms with Gasteiger partial charge in [-0.25, -0.2) is 0 Å². The highest BCUT2D eigenvalue weighted by Crippen LogP contribution is 2.34. The molecule has 18 heavy (non-hydrogen) atoms. The highest BCUT2D eigenvalue weighted by atomic mass is 19.4. The molecule has 0 bridgehead atoms. The third-order valence-electron chi connectivity index (χ3n) is 3.20. The maximum absolute atomic E-state index is 12.8. The second-order valence-electron chi connectivity index (χ2n) is 4.73. The Morgan fingerprint density at radius 3 is 2.33 bits per heavy atom. The fraction of sp³-hybridized carbons (Fsp3) is 0.571. The molecule has 1 aromatic carbocycles. The Labute approximate surface area is 106 Å². The molecule has 0 saturated heterocycles. The minimum atomic E-state index is -4.29. The smallest absolute Gasteiger partial charge is 0.310 e. The van der Waals surface area contributed by atoms with Crippen LogP contribution in [0.3, 0.4) is 0 Å². The topological polar surface area (TPSA) is 12.0 Å². The highest BCUT2D eigenvalue weighted by molar-refractivity contribution is 5.32. The first-order valence-corrected chi connectivity index (χ1v) is 6.25. The van der Waals surface area contributed by atoms with E-state index in [1.165, 1.54) is 12.1 Å². The van der Waals surface area contributed by atoms with Crippen molar-refractivity contribution in [2.75, 3.05) is 6.54 Å². The number of hydrogen-bond acceptors (Lipinski definition) is 1. The van der Waals surface area contributed by atoms with Crippen LogP contribution in [0, 0.1) is 5.92 Å². The van der Waals surface area contributed by atoms with Crippen molar-refractivity contribution in [3.63, 3.8) is 0 Å². The van der Waals surface area contributed by atoms with Crippen molar-refractivity contribution in [3.05, 3.63) is 35.4 Å². The molecule has 0 aliphatic rings. The third kappa shape index (κ3) is 4.02. The van der Waals surface area contributed by atoms with Gasteiger partial charge in [-0.15, -0.1) is 0 Å². The summed E-state index contributed by atoms with van der Waals surface area (Å²) in [7, 11) is 0. The van der Waals surface area contributed by atoms with Crippen molar-refractivity contribution in [1.82, 2.24) is 5.32 Å². The lowest BCUT2D eigenvalue weighted by atomic mass is 10.00. The maximum Gasteiger partial charge on any atom is 0.416 e. The van der Waals surface area contributed by atoms with Crippen LogP contribution in [0.25, 0.3) is 0 Å². The first-order valence-electron chi connectivity index (χ1n) is 6.25. The molecule has 0 aromatic heterocycles. The Bertz CT molecular complexity index is 374. The monoisotopic (exact) mass is 259 g/mol. The van der Waals surface area contributed by atoms with E-state index in [0.717, 1.165) is 19.0 Å². The highest BCUT2D eigenvalue weighted by Gasteiger charge is 2.33. The van der Waals surface area contributed by atoms with Gasteiger partial charge in [0.2, 0.25) is 0 Å². The molecule has 0 heterocycles. The standard InChI is InChI=1S/C14H20F3N/c1-4-10(2)9-18-11(3)12-7-5-6-8-13(12)14(15,16)17/h5-8,10-11,18H,4,9H2,1-3H3. The summed E-state index contributed by atoms with van der Waals surface area (Å²) in [5.74, 6) is 0.463. The van der Waals surface area contributed by atoms with E-state index in [9.17, 15) is 13.2 Å². The lowest BCUT2D eigenvalue weighted by Crippen LogP contribution is -2.26. The van der Waals surface area contributed by atoms with E-state index in [2.05, 4.69) is 19.2 Å². The van der Waals surface area contributed by atoms with Gasteiger partial charge in [-0.2, -0.15) is 13.2 Å². The van der Waals surface area contributed by atoms with Crippen molar-refractivity contribution in [3.8, 4) is 0 Å². The summed E-state index contributed by atoms with van der Waals surface area (Å²) in [6.45, 7) is 6.65. The zero-order chi connectivity index (χ0) is 13.8. The van der Waals surface area contributed by atoms with E-state index >= 15 is 0 Å². The van der Waals surface area contributed by atoms with Crippen LogP contribution in [0.1, 0.15) is 44.4 Å². The molecule has 1 rings (SSSR count). The zero-order valence-electron chi connectivity index (χ0n) is 11.0. The fourth-order valence-electron chi connectivity index (χ4n) is 1.77. The van der Waals surface area contributed by atoms with E-state index in [0.29, 0.717) is 11.5 Å². The van der Waals surface area contributed by atoms with Gasteiger partial charge in [-0.3, -0.25) is 0 Å². The van der Waals surface area contributed by atoms with E-state index < -0.39 is 11.7 Å². The molecule has 0 saturated carbocycles. The number of hydrogen-bond donors (Lipinski definition) is 1. The predicted octanol–water partition coefficient (Wildman–Crippen LogP) is 4.40. The van der Waals surface area contributed by atoms with Crippen LogP contribution in [0.2, 0.25) is 0 Å². The van der Waals surface area contributed by atoms with Gasteiger partial charge in [0.1, 0.15) is 0 Å². The van der Waals surface area contributed by atoms with Crippen LogP contribution < -0.4 is 5.32 Å². The van der Waals surface area contributed by atoms with E-state index in [-0.39, 0.29) is 6.04 Å². The van der Waals surface area contributed by atoms with Crippen LogP contribution in [0.15, 0.2) is 24.3 Å². The number of halogens is 3. The molecular formula is C14H20F3N. The molecular weight excluding hydrogens is 239 g/mol. The number of rotatable bonds is 5. The molecule has 2 atom stereocenters. The average molecular weight is 259 g/mol. The molecule has 0 aliphatic carbocycles. The number of nitrogens with one attached hydrogen (secondary N) is 1. The van der Waals surface area contributed by atoms with Crippen molar-refractivity contribution < 1.29 is 13.2 Å². The molecule has 0 aliphatic heterocycles. The molecule has 0 fully saturated rings. The summed E-state index contributed by atoms with van der Waals surface area (Å²) < 4.78 is 38.5. The molecule has 1 nitrogen and oxygen atoms in total. The minimum Gasteiger partial charge on any atom is -0.310 e. The summed E-state index contributed by atoms with van der Waals surface area (Å²) in [5, 5.41) is 3.16. The molecule has 0 amide bonds. The van der Waals surface area contributed by atoms with Crippen LogP contribution in [-0.2, 0) is 6.18 Å². The van der Waals surface area contributed by atoms with E-state index in [1.54, 1.807) is 13.0 Å². The van der Waals surface area contributed by atoms with E-state index in [1.807, 2.05) is 0 Å². The summed E-state index contributed by atoms with van der Waals surface area (Å²) in [6, 6.07) is 5.45. The van der Waals surface area contributed by atoms with Crippen molar-refractivity contribution in [2.45, 2.75) is 39.4 Å². The predicted molar refractivity (Wildman–Crippen MR) is 67.3 cm³/mol. The lowest BCUT2D eigenvalue weighted by molar-refractivity contribution is -0.138. The Morgan fingerprint density at radius 1 is 1.17 bits per heavy atom. The largest absolute Gasteiger partial charge is 0.416 e. The van der Waals surface area contributed by atoms with Gasteiger partial charge in [-0.05, 0) is 31.0 Å². The molecule has 1 N–H and O–H groups in total. The lowest BCUT2D eigenvalue weighted by Gasteiger charge is -2.21. The van der Waals surface area contributed by atoms with Crippen LogP contribution >= 0.6 is 0 Å². The third-order valence-corrected chi connectivity index (χ3v) is 3.20. The minimum absolute atomic E-state index is 0.295. The number of alkyl halides is 3. The summed E-state index contributed by atoms with van der Waals surface area (Å²) in [6.07, 6.45) is -3.27. The quantitative estimate of drug-likeness (QED) is 0.826. The SMILES string of the molecule is CCC(C)CNC(C)c1ccccc1C(F)(F)F. The summed E-state index contributed by atoms with van der Waals surface area (Å²) in [5.41, 5.74) is -0.234. The molecule has 0 radical (unpaired) electrons. The first-order chi connectivity index (χ1) is 8.36. The summed E-state index contributed by atoms with van der Waals surface area (Å²) in [4.78, 5) is 0. The number of benzene rings is 1. The first kappa shape index (κ1) is 15.0. The van der Waals surface area contributed by atoms with Crippen LogP contribution in [0.4, 0.5) is 13.2 Å². The van der Waals surface area contributed by atoms with Gasteiger partial charge in [0.15, 0.2) is 0 Å². The van der Waals surface area contributed by atoms with Gasteiger partial charge in [0.25, 0.3) is 0 Å². The van der Waals surface area contributed by atoms with Crippen molar-refractivity contribution >= 4 is 0 Å². The molecule has 102 valence electrons. The van der Waals surface area contributed by atoms with Gasteiger partial charge in [0, 0.05) is 6.04 Å². The Kier molecular flexibility index (Phi) is 5.20. The van der Waals surface area contributed by atoms with Gasteiger partial charge in [-0.1, -0.05) is 38.5 Å².